The first-order chi connectivity index (χ1) is 39.2. The number of nitrogens with one attached hydrogen (secondary N) is 1. The lowest BCUT2D eigenvalue weighted by Crippen LogP contribution is -2.45. The minimum atomic E-state index is -0.671. The Morgan fingerprint density at radius 2 is 0.557 bits per heavy atom. The van der Waals surface area contributed by atoms with Crippen LogP contribution in [0.25, 0.3) is 0 Å². The highest BCUT2D eigenvalue weighted by molar-refractivity contribution is 5.76. The van der Waals surface area contributed by atoms with Gasteiger partial charge in [0, 0.05) is 6.42 Å². The predicted octanol–water partition coefficient (Wildman–Crippen LogP) is 23.8. The van der Waals surface area contributed by atoms with E-state index in [1.54, 1.807) is 0 Å². The van der Waals surface area contributed by atoms with E-state index < -0.39 is 12.1 Å². The van der Waals surface area contributed by atoms with Gasteiger partial charge in [-0.2, -0.15) is 0 Å². The molecule has 0 bridgehead atoms. The molecule has 456 valence electrons. The summed E-state index contributed by atoms with van der Waals surface area (Å²) in [5.74, 6) is -0.0375. The van der Waals surface area contributed by atoms with Gasteiger partial charge in [-0.25, -0.2) is 0 Å². The molecule has 0 fully saturated rings. The fourth-order valence-electron chi connectivity index (χ4n) is 10.4. The maximum absolute atomic E-state index is 12.6. The second-order valence-electron chi connectivity index (χ2n) is 23.2. The summed E-state index contributed by atoms with van der Waals surface area (Å²) in [5, 5.41) is 23.5. The van der Waals surface area contributed by atoms with Crippen LogP contribution in [0.3, 0.4) is 0 Å². The van der Waals surface area contributed by atoms with Gasteiger partial charge in [-0.15, -0.1) is 0 Å². The lowest BCUT2D eigenvalue weighted by molar-refractivity contribution is -0.123. The fraction of sp³-hybridized carbons (Fsp3) is 0.747. The zero-order valence-electron chi connectivity index (χ0n) is 52.6. The smallest absolute Gasteiger partial charge is 0.220 e. The highest BCUT2D eigenvalue weighted by atomic mass is 16.3. The monoisotopic (exact) mass is 1100 g/mol. The van der Waals surface area contributed by atoms with Gasteiger partial charge in [0.1, 0.15) is 0 Å². The number of aliphatic hydroxyl groups excluding tert-OH is 2. The molecule has 3 N–H and O–H groups in total. The van der Waals surface area contributed by atoms with Gasteiger partial charge in [0.05, 0.1) is 18.8 Å². The average Bonchev–Trinajstić information content (AvgIpc) is 3.45. The van der Waals surface area contributed by atoms with Crippen LogP contribution in [0.1, 0.15) is 341 Å². The second-order valence-corrected chi connectivity index (χ2v) is 23.2. The van der Waals surface area contributed by atoms with Crippen LogP contribution in [0.5, 0.6) is 0 Å². The summed E-state index contributed by atoms with van der Waals surface area (Å²) in [6, 6.07) is -0.549. The maximum Gasteiger partial charge on any atom is 0.220 e. The van der Waals surface area contributed by atoms with Gasteiger partial charge >= 0.3 is 0 Å². The summed E-state index contributed by atoms with van der Waals surface area (Å²) in [5.41, 5.74) is 0. The SMILES string of the molecule is CC/C=C\C/C=C\C/C=C\C/C=C\C/C=C\C/C=C\C/C=C\C/C=C\C/C=C\CCCCCCCCCCCC(=O)NC(CO)C(O)CCCCCCCCCCCCCCCCCCCCCCCCCCCCCCCC. The Labute approximate surface area is 493 Å². The predicted molar refractivity (Wildman–Crippen MR) is 354 cm³/mol. The van der Waals surface area contributed by atoms with Crippen molar-refractivity contribution in [2.45, 2.75) is 353 Å². The summed E-state index contributed by atoms with van der Waals surface area (Å²) >= 11 is 0. The van der Waals surface area contributed by atoms with Gasteiger partial charge in [-0.05, 0) is 83.5 Å². The van der Waals surface area contributed by atoms with E-state index >= 15 is 0 Å². The summed E-state index contributed by atoms with van der Waals surface area (Å²) in [6.45, 7) is 4.27. The lowest BCUT2D eigenvalue weighted by atomic mass is 10.0. The van der Waals surface area contributed by atoms with Gasteiger partial charge in [-0.3, -0.25) is 4.79 Å². The molecule has 0 radical (unpaired) electrons. The Balaban J connectivity index is 3.51. The van der Waals surface area contributed by atoms with E-state index in [0.717, 1.165) is 83.5 Å². The average molecular weight is 1100 g/mol. The Bertz CT molecular complexity index is 1480. The molecular weight excluding hydrogens is 963 g/mol. The summed E-state index contributed by atoms with van der Waals surface area (Å²) < 4.78 is 0. The van der Waals surface area contributed by atoms with Gasteiger partial charge in [-0.1, -0.05) is 361 Å². The number of rotatable bonds is 63. The quantitative estimate of drug-likeness (QED) is 0.0420. The minimum Gasteiger partial charge on any atom is -0.394 e. The number of unbranched alkanes of at least 4 members (excludes halogenated alkanes) is 38. The van der Waals surface area contributed by atoms with Crippen LogP contribution < -0.4 is 5.32 Å². The number of hydrogen-bond acceptors (Lipinski definition) is 3. The summed E-state index contributed by atoms with van der Waals surface area (Å²) in [7, 11) is 0. The number of aliphatic hydroxyl groups is 2. The molecular formula is C75H133NO3. The normalized spacial score (nSPS) is 13.4. The molecule has 4 nitrogen and oxygen atoms in total. The molecule has 4 heteroatoms. The van der Waals surface area contributed by atoms with Crippen LogP contribution in [-0.2, 0) is 4.79 Å². The third-order valence-corrected chi connectivity index (χ3v) is 15.5. The highest BCUT2D eigenvalue weighted by Gasteiger charge is 2.20. The third-order valence-electron chi connectivity index (χ3n) is 15.5. The largest absolute Gasteiger partial charge is 0.394 e. The van der Waals surface area contributed by atoms with E-state index in [1.165, 1.54) is 231 Å². The van der Waals surface area contributed by atoms with E-state index in [2.05, 4.69) is 129 Å². The fourth-order valence-corrected chi connectivity index (χ4v) is 10.4. The molecule has 0 saturated carbocycles. The Kier molecular flexibility index (Phi) is 66.7. The maximum atomic E-state index is 12.6. The van der Waals surface area contributed by atoms with Crippen molar-refractivity contribution in [3.05, 3.63) is 109 Å². The zero-order chi connectivity index (χ0) is 56.9. The Morgan fingerprint density at radius 3 is 0.835 bits per heavy atom. The van der Waals surface area contributed by atoms with Crippen LogP contribution in [0, 0.1) is 0 Å². The van der Waals surface area contributed by atoms with Gasteiger partial charge in [0.25, 0.3) is 0 Å². The first-order valence-corrected chi connectivity index (χ1v) is 34.6. The van der Waals surface area contributed by atoms with Crippen molar-refractivity contribution >= 4 is 5.91 Å². The van der Waals surface area contributed by atoms with Crippen LogP contribution in [0.15, 0.2) is 109 Å². The molecule has 0 aromatic rings. The van der Waals surface area contributed by atoms with Crippen LogP contribution >= 0.6 is 0 Å². The molecule has 0 aliphatic carbocycles. The summed E-state index contributed by atoms with van der Waals surface area (Å²) in [4.78, 5) is 12.6. The summed E-state index contributed by atoms with van der Waals surface area (Å²) in [6.07, 6.45) is 104. The molecule has 2 atom stereocenters. The van der Waals surface area contributed by atoms with Crippen molar-refractivity contribution in [3.63, 3.8) is 0 Å². The number of allylic oxidation sites excluding steroid dienone is 18. The topological polar surface area (TPSA) is 69.6 Å². The van der Waals surface area contributed by atoms with Crippen molar-refractivity contribution in [2.75, 3.05) is 6.61 Å². The van der Waals surface area contributed by atoms with Gasteiger partial charge in [0.2, 0.25) is 5.91 Å². The first-order valence-electron chi connectivity index (χ1n) is 34.6. The molecule has 0 rings (SSSR count). The molecule has 2 unspecified atom stereocenters. The van der Waals surface area contributed by atoms with Crippen molar-refractivity contribution in [1.82, 2.24) is 5.32 Å². The highest BCUT2D eigenvalue weighted by Crippen LogP contribution is 2.18. The van der Waals surface area contributed by atoms with E-state index in [0.29, 0.717) is 12.8 Å². The lowest BCUT2D eigenvalue weighted by Gasteiger charge is -2.22. The number of hydrogen-bond donors (Lipinski definition) is 3. The van der Waals surface area contributed by atoms with Crippen molar-refractivity contribution < 1.29 is 15.0 Å². The molecule has 0 aliphatic rings. The second kappa shape index (κ2) is 69.3. The molecule has 0 saturated heterocycles. The van der Waals surface area contributed by atoms with Gasteiger partial charge < -0.3 is 15.5 Å². The molecule has 0 aliphatic heterocycles. The number of carbonyl (C=O) groups excluding carboxylic acids is 1. The van der Waals surface area contributed by atoms with Crippen molar-refractivity contribution in [1.29, 1.82) is 0 Å². The molecule has 1 amide bonds. The molecule has 0 aromatic heterocycles. The molecule has 0 spiro atoms. The zero-order valence-corrected chi connectivity index (χ0v) is 52.6. The Morgan fingerprint density at radius 1 is 0.316 bits per heavy atom. The van der Waals surface area contributed by atoms with Crippen LogP contribution in [0.4, 0.5) is 0 Å². The Hall–Kier alpha value is -2.95. The standard InChI is InChI=1S/C75H133NO3/c1-3-5-7-9-11-13-15-17-19-21-23-25-27-29-31-33-35-36-37-38-39-40-41-43-45-47-49-51-53-55-57-59-61-63-65-67-69-71-75(79)76-73(72-77)74(78)70-68-66-64-62-60-58-56-54-52-50-48-46-44-42-34-32-30-28-26-24-22-20-18-16-14-12-10-8-6-4-2/h5,7,11,13,17,19,23,25,29,31,35-36,38-39,41,43,47,49,73-74,77-78H,3-4,6,8-10,12,14-16,18,20-22,24,26-28,30,32-34,37,40,42,44-46,48,50-72H2,1-2H3,(H,76,79)/b7-5-,13-11-,19-17-,25-23-,31-29-,36-35-,39-38-,43-41-,49-47-. The third kappa shape index (κ3) is 65.7. The molecule has 0 aromatic carbocycles. The molecule has 0 heterocycles. The van der Waals surface area contributed by atoms with Crippen LogP contribution in [-0.4, -0.2) is 34.9 Å². The van der Waals surface area contributed by atoms with E-state index in [-0.39, 0.29) is 12.5 Å². The first kappa shape index (κ1) is 76.0. The van der Waals surface area contributed by atoms with Gasteiger partial charge in [0.15, 0.2) is 0 Å². The van der Waals surface area contributed by atoms with Crippen molar-refractivity contribution in [3.8, 4) is 0 Å². The number of amides is 1. The van der Waals surface area contributed by atoms with Crippen molar-refractivity contribution in [2.24, 2.45) is 0 Å². The molecule has 79 heavy (non-hydrogen) atoms. The van der Waals surface area contributed by atoms with E-state index in [4.69, 9.17) is 0 Å². The van der Waals surface area contributed by atoms with Crippen LogP contribution in [0.2, 0.25) is 0 Å². The van der Waals surface area contributed by atoms with E-state index in [9.17, 15) is 15.0 Å². The minimum absolute atomic E-state index is 0.0375. The van der Waals surface area contributed by atoms with E-state index in [1.807, 2.05) is 0 Å². The number of carbonyl (C=O) groups is 1.